The molecular weight excluding hydrogens is 370 g/mol. The molecule has 0 radical (unpaired) electrons. The maximum Gasteiger partial charge on any atom is 0.305 e. The molecule has 0 aliphatic rings. The molecule has 1 aromatic heterocycles. The highest BCUT2D eigenvalue weighted by Gasteiger charge is 2.12. The molecule has 3 aromatic carbocycles. The van der Waals surface area contributed by atoms with Crippen LogP contribution in [0.4, 0.5) is 0 Å². The molecule has 4 rings (SSSR count). The summed E-state index contributed by atoms with van der Waals surface area (Å²) in [5.41, 5.74) is 7.45. The smallest absolute Gasteiger partial charge is 0.305 e. The average molecular weight is 398 g/mol. The standard InChI is InChI=1S/C27H27NO2/c1-20-7-6-10-24(17-20)28-19-23(14-11-21-8-4-3-5-9-21)25-18-22(12-15-26(25)28)13-16-27(29)30-2/h3-10,12,15,17-19H,11,13-14,16H2,1-2H3. The van der Waals surface area contributed by atoms with Crippen molar-refractivity contribution in [3.63, 3.8) is 0 Å². The fraction of sp³-hybridized carbons (Fsp3) is 0.222. The number of ether oxygens (including phenoxy) is 1. The number of benzene rings is 3. The Morgan fingerprint density at radius 1 is 0.867 bits per heavy atom. The first kappa shape index (κ1) is 20.0. The van der Waals surface area contributed by atoms with Gasteiger partial charge in [0.15, 0.2) is 0 Å². The van der Waals surface area contributed by atoms with Crippen molar-refractivity contribution in [1.82, 2.24) is 4.57 Å². The van der Waals surface area contributed by atoms with Crippen LogP contribution in [-0.2, 0) is 28.8 Å². The van der Waals surface area contributed by atoms with Gasteiger partial charge in [0.25, 0.3) is 0 Å². The maximum atomic E-state index is 11.6. The Balaban J connectivity index is 1.71. The van der Waals surface area contributed by atoms with Crippen molar-refractivity contribution in [1.29, 1.82) is 0 Å². The van der Waals surface area contributed by atoms with Crippen LogP contribution in [0.2, 0.25) is 0 Å². The van der Waals surface area contributed by atoms with E-state index in [4.69, 9.17) is 4.74 Å². The van der Waals surface area contributed by atoms with Crippen molar-refractivity contribution in [2.75, 3.05) is 7.11 Å². The molecule has 152 valence electrons. The minimum atomic E-state index is -0.170. The molecule has 0 bridgehead atoms. The fourth-order valence-electron chi connectivity index (χ4n) is 3.96. The van der Waals surface area contributed by atoms with E-state index in [1.165, 1.54) is 40.4 Å². The number of hydrogen-bond donors (Lipinski definition) is 0. The minimum absolute atomic E-state index is 0.170. The molecule has 1 heterocycles. The number of esters is 1. The van der Waals surface area contributed by atoms with Crippen LogP contribution in [0.3, 0.4) is 0 Å². The van der Waals surface area contributed by atoms with Gasteiger partial charge < -0.3 is 9.30 Å². The van der Waals surface area contributed by atoms with Gasteiger partial charge in [-0.2, -0.15) is 0 Å². The lowest BCUT2D eigenvalue weighted by Gasteiger charge is -2.07. The van der Waals surface area contributed by atoms with Gasteiger partial charge in [0.2, 0.25) is 0 Å². The summed E-state index contributed by atoms with van der Waals surface area (Å²) in [7, 11) is 1.44. The van der Waals surface area contributed by atoms with Crippen LogP contribution in [0.25, 0.3) is 16.6 Å². The van der Waals surface area contributed by atoms with E-state index in [1.54, 1.807) is 0 Å². The first-order valence-corrected chi connectivity index (χ1v) is 10.4. The van der Waals surface area contributed by atoms with Crippen LogP contribution in [0.15, 0.2) is 79.0 Å². The van der Waals surface area contributed by atoms with E-state index in [0.717, 1.165) is 18.4 Å². The lowest BCUT2D eigenvalue weighted by Crippen LogP contribution is -2.01. The Morgan fingerprint density at radius 3 is 2.47 bits per heavy atom. The maximum absolute atomic E-state index is 11.6. The van der Waals surface area contributed by atoms with Crippen LogP contribution in [0, 0.1) is 6.92 Å². The van der Waals surface area contributed by atoms with Crippen LogP contribution in [0.1, 0.15) is 28.7 Å². The lowest BCUT2D eigenvalue weighted by molar-refractivity contribution is -0.140. The summed E-state index contributed by atoms with van der Waals surface area (Å²) in [5, 5.41) is 1.26. The molecule has 0 amide bonds. The van der Waals surface area contributed by atoms with Gasteiger partial charge in [-0.25, -0.2) is 0 Å². The second-order valence-corrected chi connectivity index (χ2v) is 7.78. The van der Waals surface area contributed by atoms with E-state index in [9.17, 15) is 4.79 Å². The highest BCUT2D eigenvalue weighted by atomic mass is 16.5. The summed E-state index contributed by atoms with van der Waals surface area (Å²) >= 11 is 0. The van der Waals surface area contributed by atoms with E-state index < -0.39 is 0 Å². The normalized spacial score (nSPS) is 11.0. The largest absolute Gasteiger partial charge is 0.469 e. The van der Waals surface area contributed by atoms with Crippen molar-refractivity contribution in [2.24, 2.45) is 0 Å². The highest BCUT2D eigenvalue weighted by molar-refractivity contribution is 5.86. The van der Waals surface area contributed by atoms with Gasteiger partial charge in [0, 0.05) is 23.7 Å². The number of rotatable bonds is 7. The Labute approximate surface area is 177 Å². The predicted octanol–water partition coefficient (Wildman–Crippen LogP) is 5.83. The summed E-state index contributed by atoms with van der Waals surface area (Å²) < 4.78 is 7.09. The van der Waals surface area contributed by atoms with Crippen LogP contribution in [-0.4, -0.2) is 17.6 Å². The van der Waals surface area contributed by atoms with Crippen molar-refractivity contribution < 1.29 is 9.53 Å². The van der Waals surface area contributed by atoms with Gasteiger partial charge in [0.05, 0.1) is 12.6 Å². The second kappa shape index (κ2) is 9.00. The summed E-state index contributed by atoms with van der Waals surface area (Å²) in [6.45, 7) is 2.12. The molecule has 30 heavy (non-hydrogen) atoms. The molecule has 0 N–H and O–H groups in total. The van der Waals surface area contributed by atoms with E-state index in [1.807, 2.05) is 0 Å². The number of fused-ring (bicyclic) bond motifs is 1. The molecule has 0 fully saturated rings. The fourth-order valence-corrected chi connectivity index (χ4v) is 3.96. The van der Waals surface area contributed by atoms with E-state index >= 15 is 0 Å². The van der Waals surface area contributed by atoms with Gasteiger partial charge in [-0.1, -0.05) is 48.5 Å². The zero-order valence-electron chi connectivity index (χ0n) is 17.6. The molecule has 0 atom stereocenters. The third-order valence-electron chi connectivity index (χ3n) is 5.60. The summed E-state index contributed by atoms with van der Waals surface area (Å²) in [4.78, 5) is 11.6. The van der Waals surface area contributed by atoms with Crippen molar-refractivity contribution >= 4 is 16.9 Å². The first-order chi connectivity index (χ1) is 14.6. The average Bonchev–Trinajstić information content (AvgIpc) is 3.14. The Hall–Kier alpha value is -3.33. The Kier molecular flexibility index (Phi) is 5.99. The summed E-state index contributed by atoms with van der Waals surface area (Å²) in [6, 6.07) is 25.7. The molecule has 0 aliphatic heterocycles. The number of aryl methyl sites for hydroxylation is 4. The van der Waals surface area contributed by atoms with Crippen LogP contribution < -0.4 is 0 Å². The molecule has 0 aliphatic carbocycles. The quantitative estimate of drug-likeness (QED) is 0.367. The number of nitrogens with zero attached hydrogens (tertiary/aromatic N) is 1. The molecule has 0 saturated heterocycles. The minimum Gasteiger partial charge on any atom is -0.469 e. The molecule has 0 unspecified atom stereocenters. The van der Waals surface area contributed by atoms with Crippen molar-refractivity contribution in [3.8, 4) is 5.69 Å². The van der Waals surface area contributed by atoms with Gasteiger partial charge in [-0.15, -0.1) is 0 Å². The van der Waals surface area contributed by atoms with Gasteiger partial charge in [0.1, 0.15) is 0 Å². The third kappa shape index (κ3) is 4.46. The van der Waals surface area contributed by atoms with Crippen molar-refractivity contribution in [3.05, 3.63) is 101 Å². The molecule has 3 heteroatoms. The number of carbonyl (C=O) groups excluding carboxylic acids is 1. The number of aromatic nitrogens is 1. The molecule has 4 aromatic rings. The lowest BCUT2D eigenvalue weighted by atomic mass is 10.0. The third-order valence-corrected chi connectivity index (χ3v) is 5.60. The number of carbonyl (C=O) groups is 1. The Bertz CT molecular complexity index is 1160. The van der Waals surface area contributed by atoms with Gasteiger partial charge in [-0.3, -0.25) is 4.79 Å². The molecule has 3 nitrogen and oxygen atoms in total. The zero-order valence-corrected chi connectivity index (χ0v) is 17.6. The van der Waals surface area contributed by atoms with Crippen molar-refractivity contribution in [2.45, 2.75) is 32.6 Å². The Morgan fingerprint density at radius 2 is 1.70 bits per heavy atom. The first-order valence-electron chi connectivity index (χ1n) is 10.4. The second-order valence-electron chi connectivity index (χ2n) is 7.78. The zero-order chi connectivity index (χ0) is 20.9. The van der Waals surface area contributed by atoms with Crippen LogP contribution in [0.5, 0.6) is 0 Å². The topological polar surface area (TPSA) is 31.2 Å². The molecule has 0 spiro atoms. The monoisotopic (exact) mass is 397 g/mol. The summed E-state index contributed by atoms with van der Waals surface area (Å²) in [6.07, 6.45) is 5.34. The van der Waals surface area contributed by atoms with E-state index in [0.29, 0.717) is 12.8 Å². The van der Waals surface area contributed by atoms with Gasteiger partial charge in [-0.05, 0) is 72.7 Å². The van der Waals surface area contributed by atoms with E-state index in [2.05, 4.69) is 90.5 Å². The SMILES string of the molecule is COC(=O)CCc1ccc2c(c1)c(CCc1ccccc1)cn2-c1cccc(C)c1. The predicted molar refractivity (Wildman–Crippen MR) is 122 cm³/mol. The van der Waals surface area contributed by atoms with Crippen LogP contribution >= 0.6 is 0 Å². The highest BCUT2D eigenvalue weighted by Crippen LogP contribution is 2.28. The summed E-state index contributed by atoms with van der Waals surface area (Å²) in [5.74, 6) is -0.170. The number of hydrogen-bond acceptors (Lipinski definition) is 2. The van der Waals surface area contributed by atoms with Gasteiger partial charge >= 0.3 is 5.97 Å². The number of methoxy groups -OCH3 is 1. The molecular formula is C27H27NO2. The molecule has 0 saturated carbocycles. The van der Waals surface area contributed by atoms with E-state index in [-0.39, 0.29) is 5.97 Å².